The summed E-state index contributed by atoms with van der Waals surface area (Å²) in [7, 11) is 0. The molecule has 0 N–H and O–H groups in total. The minimum atomic E-state index is -0.468. The Morgan fingerprint density at radius 2 is 2.33 bits per heavy atom. The van der Waals surface area contributed by atoms with Crippen LogP contribution in [-0.2, 0) is 4.74 Å². The van der Waals surface area contributed by atoms with Crippen molar-refractivity contribution in [1.29, 1.82) is 5.26 Å². The molecule has 0 radical (unpaired) electrons. The molecular formula is C10H7ClINO2. The van der Waals surface area contributed by atoms with Crippen molar-refractivity contribution in [3.05, 3.63) is 31.9 Å². The van der Waals surface area contributed by atoms with Crippen LogP contribution in [0.4, 0.5) is 0 Å². The van der Waals surface area contributed by atoms with Gasteiger partial charge < -0.3 is 4.74 Å². The number of hydrogen-bond donors (Lipinski definition) is 0. The van der Waals surface area contributed by atoms with E-state index in [-0.39, 0.29) is 5.02 Å². The van der Waals surface area contributed by atoms with Crippen molar-refractivity contribution in [2.45, 2.75) is 6.92 Å². The second-order valence-corrected chi connectivity index (χ2v) is 4.21. The summed E-state index contributed by atoms with van der Waals surface area (Å²) in [5.41, 5.74) is 0.746. The van der Waals surface area contributed by atoms with E-state index >= 15 is 0 Å². The van der Waals surface area contributed by atoms with Gasteiger partial charge in [-0.2, -0.15) is 5.26 Å². The number of nitriles is 1. The summed E-state index contributed by atoms with van der Waals surface area (Å²) in [6.45, 7) is 2.02. The highest BCUT2D eigenvalue weighted by Gasteiger charge is 2.14. The fourth-order valence-corrected chi connectivity index (χ4v) is 1.83. The van der Waals surface area contributed by atoms with Crippen molar-refractivity contribution >= 4 is 40.2 Å². The standard InChI is InChI=1S/C10H7ClINO2/c1-2-15-10(14)7-4-9(12)6(5-13)3-8(7)11/h3-4H,2H2,1H3. The first-order chi connectivity index (χ1) is 7.10. The molecule has 3 nitrogen and oxygen atoms in total. The predicted octanol–water partition coefficient (Wildman–Crippen LogP) is 2.99. The van der Waals surface area contributed by atoms with E-state index in [2.05, 4.69) is 0 Å². The van der Waals surface area contributed by atoms with Crippen LogP contribution in [0.3, 0.4) is 0 Å². The lowest BCUT2D eigenvalue weighted by molar-refractivity contribution is 0.0526. The molecule has 0 aliphatic heterocycles. The monoisotopic (exact) mass is 335 g/mol. The highest BCUT2D eigenvalue weighted by atomic mass is 127. The minimum absolute atomic E-state index is 0.241. The molecule has 0 saturated heterocycles. The smallest absolute Gasteiger partial charge is 0.339 e. The van der Waals surface area contributed by atoms with E-state index in [1.807, 2.05) is 28.7 Å². The van der Waals surface area contributed by atoms with E-state index < -0.39 is 5.97 Å². The number of halogens is 2. The van der Waals surface area contributed by atoms with Crippen molar-refractivity contribution in [3.63, 3.8) is 0 Å². The first-order valence-electron chi connectivity index (χ1n) is 4.16. The average Bonchev–Trinajstić information content (AvgIpc) is 2.21. The van der Waals surface area contributed by atoms with Gasteiger partial charge in [-0.1, -0.05) is 11.6 Å². The second kappa shape index (κ2) is 5.33. The molecule has 0 saturated carbocycles. The summed E-state index contributed by atoms with van der Waals surface area (Å²) in [6.07, 6.45) is 0. The first kappa shape index (κ1) is 12.3. The third-order valence-corrected chi connectivity index (χ3v) is 2.88. The molecule has 0 atom stereocenters. The molecule has 0 aromatic heterocycles. The Bertz CT molecular complexity index is 440. The molecule has 0 heterocycles. The van der Waals surface area contributed by atoms with Gasteiger partial charge in [-0.15, -0.1) is 0 Å². The number of benzene rings is 1. The quantitative estimate of drug-likeness (QED) is 0.617. The van der Waals surface area contributed by atoms with Gasteiger partial charge in [0.25, 0.3) is 0 Å². The summed E-state index contributed by atoms with van der Waals surface area (Å²) in [4.78, 5) is 11.4. The van der Waals surface area contributed by atoms with Crippen molar-refractivity contribution in [2.24, 2.45) is 0 Å². The molecule has 0 aliphatic carbocycles. The summed E-state index contributed by atoms with van der Waals surface area (Å²) < 4.78 is 5.51. The summed E-state index contributed by atoms with van der Waals surface area (Å²) >= 11 is 7.83. The van der Waals surface area contributed by atoms with Crippen LogP contribution in [0.2, 0.25) is 5.02 Å². The third kappa shape index (κ3) is 2.83. The molecule has 1 aromatic carbocycles. The molecule has 0 fully saturated rings. The number of carbonyl (C=O) groups is 1. The molecule has 0 bridgehead atoms. The molecule has 1 aromatic rings. The van der Waals surface area contributed by atoms with Crippen molar-refractivity contribution < 1.29 is 9.53 Å². The Morgan fingerprint density at radius 1 is 1.67 bits per heavy atom. The largest absolute Gasteiger partial charge is 0.462 e. The normalized spacial score (nSPS) is 9.47. The zero-order chi connectivity index (χ0) is 11.4. The van der Waals surface area contributed by atoms with Crippen LogP contribution in [0.25, 0.3) is 0 Å². The fourth-order valence-electron chi connectivity index (χ4n) is 0.998. The molecule has 1 rings (SSSR count). The third-order valence-electron chi connectivity index (χ3n) is 1.67. The maximum absolute atomic E-state index is 11.4. The number of carbonyl (C=O) groups excluding carboxylic acids is 1. The molecule has 15 heavy (non-hydrogen) atoms. The second-order valence-electron chi connectivity index (χ2n) is 2.64. The number of rotatable bonds is 2. The van der Waals surface area contributed by atoms with Crippen LogP contribution in [0.1, 0.15) is 22.8 Å². The van der Waals surface area contributed by atoms with Gasteiger partial charge >= 0.3 is 5.97 Å². The summed E-state index contributed by atoms with van der Waals surface area (Å²) in [5, 5.41) is 8.99. The van der Waals surface area contributed by atoms with Crippen LogP contribution in [-0.4, -0.2) is 12.6 Å². The lowest BCUT2D eigenvalue weighted by atomic mass is 10.1. The van der Waals surface area contributed by atoms with E-state index in [4.69, 9.17) is 21.6 Å². The highest BCUT2D eigenvalue weighted by Crippen LogP contribution is 2.23. The Labute approximate surface area is 106 Å². The lowest BCUT2D eigenvalue weighted by Gasteiger charge is -2.05. The van der Waals surface area contributed by atoms with Gasteiger partial charge in [0.05, 0.1) is 22.8 Å². The van der Waals surface area contributed by atoms with E-state index in [0.717, 1.165) is 0 Å². The maximum atomic E-state index is 11.4. The fraction of sp³-hybridized carbons (Fsp3) is 0.200. The van der Waals surface area contributed by atoms with Gasteiger partial charge in [-0.05, 0) is 41.6 Å². The van der Waals surface area contributed by atoms with E-state index in [0.29, 0.717) is 21.3 Å². The first-order valence-corrected chi connectivity index (χ1v) is 5.62. The van der Waals surface area contributed by atoms with Gasteiger partial charge in [-0.25, -0.2) is 4.79 Å². The molecular weight excluding hydrogens is 328 g/mol. The number of nitrogens with zero attached hydrogens (tertiary/aromatic N) is 1. The molecule has 78 valence electrons. The van der Waals surface area contributed by atoms with Gasteiger partial charge in [0.15, 0.2) is 0 Å². The van der Waals surface area contributed by atoms with Crippen LogP contribution >= 0.6 is 34.2 Å². The predicted molar refractivity (Wildman–Crippen MR) is 64.8 cm³/mol. The van der Waals surface area contributed by atoms with E-state index in [9.17, 15) is 4.79 Å². The molecule has 0 spiro atoms. The highest BCUT2D eigenvalue weighted by molar-refractivity contribution is 14.1. The average molecular weight is 336 g/mol. The summed E-state index contributed by atoms with van der Waals surface area (Å²) in [5.74, 6) is -0.468. The van der Waals surface area contributed by atoms with Crippen molar-refractivity contribution in [3.8, 4) is 6.07 Å². The Kier molecular flexibility index (Phi) is 4.36. The summed E-state index contributed by atoms with van der Waals surface area (Å²) in [6, 6.07) is 5.01. The number of hydrogen-bond acceptors (Lipinski definition) is 3. The SMILES string of the molecule is CCOC(=O)c1cc(I)c(C#N)cc1Cl. The van der Waals surface area contributed by atoms with Crippen molar-refractivity contribution in [2.75, 3.05) is 6.61 Å². The topological polar surface area (TPSA) is 50.1 Å². The van der Waals surface area contributed by atoms with Crippen LogP contribution in [0.5, 0.6) is 0 Å². The van der Waals surface area contributed by atoms with Crippen molar-refractivity contribution in [1.82, 2.24) is 0 Å². The Hall–Kier alpha value is -0.800. The van der Waals surface area contributed by atoms with Gasteiger partial charge in [0.2, 0.25) is 0 Å². The molecule has 0 aliphatic rings. The van der Waals surface area contributed by atoms with Gasteiger partial charge in [0.1, 0.15) is 6.07 Å². The Morgan fingerprint density at radius 3 is 2.87 bits per heavy atom. The molecule has 0 amide bonds. The zero-order valence-electron chi connectivity index (χ0n) is 7.88. The van der Waals surface area contributed by atoms with Crippen LogP contribution in [0.15, 0.2) is 12.1 Å². The zero-order valence-corrected chi connectivity index (χ0v) is 10.8. The molecule has 0 unspecified atom stereocenters. The van der Waals surface area contributed by atoms with Crippen LogP contribution in [0, 0.1) is 14.9 Å². The minimum Gasteiger partial charge on any atom is -0.462 e. The lowest BCUT2D eigenvalue weighted by Crippen LogP contribution is -2.06. The maximum Gasteiger partial charge on any atom is 0.339 e. The molecule has 5 heteroatoms. The van der Waals surface area contributed by atoms with Gasteiger partial charge in [0, 0.05) is 3.57 Å². The van der Waals surface area contributed by atoms with E-state index in [1.54, 1.807) is 13.0 Å². The van der Waals surface area contributed by atoms with Crippen LogP contribution < -0.4 is 0 Å². The van der Waals surface area contributed by atoms with E-state index in [1.165, 1.54) is 6.07 Å². The Balaban J connectivity index is 3.17. The number of esters is 1. The van der Waals surface area contributed by atoms with Gasteiger partial charge in [-0.3, -0.25) is 0 Å². The number of ether oxygens (including phenoxy) is 1.